The van der Waals surface area contributed by atoms with Gasteiger partial charge in [0.15, 0.2) is 5.82 Å². The van der Waals surface area contributed by atoms with E-state index in [1.54, 1.807) is 0 Å². The van der Waals surface area contributed by atoms with Crippen molar-refractivity contribution >= 4 is 69.6 Å². The molecular weight excluding hydrogens is 546 g/mol. The molecule has 0 radical (unpaired) electrons. The highest BCUT2D eigenvalue weighted by Gasteiger charge is 2.18. The summed E-state index contributed by atoms with van der Waals surface area (Å²) in [4.78, 5) is 9.11. The van der Waals surface area contributed by atoms with E-state index in [0.29, 0.717) is 5.82 Å². The van der Waals surface area contributed by atoms with Gasteiger partial charge in [-0.1, -0.05) is 36.4 Å². The molecule has 0 aliphatic carbocycles. The summed E-state index contributed by atoms with van der Waals surface area (Å²) in [5.41, 5.74) is 4.38. The monoisotopic (exact) mass is 555 g/mol. The molecule has 0 atom stereocenters. The van der Waals surface area contributed by atoms with Gasteiger partial charge >= 0.3 is 0 Å². The summed E-state index contributed by atoms with van der Waals surface area (Å²) in [5.74, 6) is 0.659. The van der Waals surface area contributed by atoms with Crippen LogP contribution in [0.15, 0.2) is 86.5 Å². The van der Waals surface area contributed by atoms with Crippen LogP contribution in [0.3, 0.4) is 0 Å². The van der Waals surface area contributed by atoms with E-state index >= 15 is 0 Å². The second kappa shape index (κ2) is 7.10. The van der Waals surface area contributed by atoms with Gasteiger partial charge in [-0.3, -0.25) is 0 Å². The van der Waals surface area contributed by atoms with Crippen LogP contribution in [0.4, 0.5) is 0 Å². The molecule has 0 saturated heterocycles. The quantitative estimate of drug-likeness (QED) is 0.210. The molecule has 5 rings (SSSR count). The normalized spacial score (nSPS) is 11.4. The van der Waals surface area contributed by atoms with Crippen molar-refractivity contribution < 1.29 is 0 Å². The van der Waals surface area contributed by atoms with E-state index < -0.39 is 0 Å². The van der Waals surface area contributed by atoms with Crippen LogP contribution < -0.4 is 0 Å². The second-order valence-electron chi connectivity index (χ2n) is 6.35. The average molecular weight is 558 g/mol. The van der Waals surface area contributed by atoms with Crippen molar-refractivity contribution in [2.24, 2.45) is 0 Å². The molecule has 136 valence electrons. The third-order valence-corrected chi connectivity index (χ3v) is 6.33. The molecule has 5 aromatic rings. The summed E-state index contributed by atoms with van der Waals surface area (Å²) in [6.45, 7) is 0. The van der Waals surface area contributed by atoms with E-state index in [-0.39, 0.29) is 0 Å². The summed E-state index contributed by atoms with van der Waals surface area (Å²) in [7, 11) is 0. The zero-order valence-corrected chi connectivity index (χ0v) is 19.2. The molecule has 0 bridgehead atoms. The van der Waals surface area contributed by atoms with Crippen LogP contribution in [0, 0.1) is 0 Å². The van der Waals surface area contributed by atoms with Crippen molar-refractivity contribution in [3.8, 4) is 17.1 Å². The van der Waals surface area contributed by atoms with Crippen LogP contribution in [0.1, 0.15) is 0 Å². The van der Waals surface area contributed by atoms with E-state index in [9.17, 15) is 0 Å². The lowest BCUT2D eigenvalue weighted by atomic mass is 10.1. The zero-order chi connectivity index (χ0) is 19.3. The number of hydrogen-bond acceptors (Lipinski definition) is 2. The first-order valence-corrected chi connectivity index (χ1v) is 11.0. The average Bonchev–Trinajstić information content (AvgIpc) is 3.03. The Hall–Kier alpha value is -2.02. The number of rotatable bonds is 2. The summed E-state index contributed by atoms with van der Waals surface area (Å²) < 4.78 is 4.75. The summed E-state index contributed by atoms with van der Waals surface area (Å²) in [6, 6.07) is 24.9. The molecule has 0 unspecified atom stereocenters. The third kappa shape index (κ3) is 2.91. The molecule has 2 aromatic heterocycles. The van der Waals surface area contributed by atoms with Gasteiger partial charge in [-0.05, 0) is 78.1 Å². The van der Waals surface area contributed by atoms with Crippen LogP contribution >= 0.6 is 47.8 Å². The number of para-hydroxylation sites is 2. The molecule has 0 aliphatic rings. The van der Waals surface area contributed by atoms with Crippen LogP contribution in [0.2, 0.25) is 0 Å². The molecule has 2 heterocycles. The van der Waals surface area contributed by atoms with Gasteiger partial charge in [-0.25, -0.2) is 9.97 Å². The largest absolute Gasteiger partial charge is 0.309 e. The molecule has 3 nitrogen and oxygen atoms in total. The molecule has 0 fully saturated rings. The topological polar surface area (TPSA) is 30.7 Å². The highest BCUT2D eigenvalue weighted by atomic mass is 79.9. The van der Waals surface area contributed by atoms with Gasteiger partial charge in [0.1, 0.15) is 9.21 Å². The minimum absolute atomic E-state index is 0.659. The fourth-order valence-corrected chi connectivity index (χ4v) is 5.36. The predicted molar refractivity (Wildman–Crippen MR) is 125 cm³/mol. The third-order valence-electron chi connectivity index (χ3n) is 4.69. The van der Waals surface area contributed by atoms with Gasteiger partial charge in [0.2, 0.25) is 0 Å². The number of fused-ring (bicyclic) bond motifs is 3. The Balaban J connectivity index is 1.89. The number of hydrogen-bond donors (Lipinski definition) is 0. The first-order chi connectivity index (χ1) is 13.6. The maximum absolute atomic E-state index is 4.56. The Morgan fingerprint density at radius 3 is 2.11 bits per heavy atom. The lowest BCUT2D eigenvalue weighted by molar-refractivity contribution is 1.12. The van der Waals surface area contributed by atoms with Gasteiger partial charge in [-0.2, -0.15) is 0 Å². The first-order valence-electron chi connectivity index (χ1n) is 8.61. The summed E-state index contributed by atoms with van der Waals surface area (Å²) in [5, 5.41) is 2.33. The number of nitrogens with zero attached hydrogens (tertiary/aromatic N) is 3. The highest BCUT2D eigenvalue weighted by Crippen LogP contribution is 2.40. The maximum atomic E-state index is 4.56. The fraction of sp³-hybridized carbons (Fsp3) is 0. The Morgan fingerprint density at radius 2 is 1.36 bits per heavy atom. The van der Waals surface area contributed by atoms with Gasteiger partial charge in [0.25, 0.3) is 0 Å². The van der Waals surface area contributed by atoms with Gasteiger partial charge in [0, 0.05) is 32.6 Å². The minimum atomic E-state index is 0.659. The SMILES string of the molecule is Brc1cc(Br)nc(-c2ccc3c(c2Br)c2ccccc2n3-c2ccccc2)n1. The number of aromatic nitrogens is 3. The van der Waals surface area contributed by atoms with Gasteiger partial charge in [-0.15, -0.1) is 0 Å². The van der Waals surface area contributed by atoms with E-state index in [4.69, 9.17) is 0 Å². The standard InChI is InChI=1S/C22H12Br3N3/c23-18-12-19(24)27-22(26-18)15-10-11-17-20(21(15)25)14-8-4-5-9-16(14)28(17)13-6-2-1-3-7-13/h1-12H. The highest BCUT2D eigenvalue weighted by molar-refractivity contribution is 9.11. The fourth-order valence-electron chi connectivity index (χ4n) is 3.56. The lowest BCUT2D eigenvalue weighted by Crippen LogP contribution is -1.94. The van der Waals surface area contributed by atoms with E-state index in [0.717, 1.165) is 41.3 Å². The van der Waals surface area contributed by atoms with Crippen LogP contribution in [-0.4, -0.2) is 14.5 Å². The molecule has 0 aliphatic heterocycles. The Bertz CT molecular complexity index is 1320. The van der Waals surface area contributed by atoms with Crippen LogP contribution in [-0.2, 0) is 0 Å². The second-order valence-corrected chi connectivity index (χ2v) is 8.76. The number of halogens is 3. The zero-order valence-electron chi connectivity index (χ0n) is 14.4. The van der Waals surface area contributed by atoms with Crippen molar-refractivity contribution in [1.29, 1.82) is 0 Å². The van der Waals surface area contributed by atoms with Crippen molar-refractivity contribution in [3.05, 3.63) is 86.5 Å². The Kier molecular flexibility index (Phi) is 4.57. The lowest BCUT2D eigenvalue weighted by Gasteiger charge is -2.09. The molecule has 0 amide bonds. The molecule has 0 saturated carbocycles. The number of benzene rings is 3. The van der Waals surface area contributed by atoms with Gasteiger partial charge < -0.3 is 4.57 Å². The molecule has 0 N–H and O–H groups in total. The van der Waals surface area contributed by atoms with Crippen molar-refractivity contribution in [2.45, 2.75) is 0 Å². The van der Waals surface area contributed by atoms with Crippen LogP contribution in [0.25, 0.3) is 38.9 Å². The van der Waals surface area contributed by atoms with Crippen molar-refractivity contribution in [2.75, 3.05) is 0 Å². The first kappa shape index (κ1) is 18.0. The van der Waals surface area contributed by atoms with Crippen LogP contribution in [0.5, 0.6) is 0 Å². The summed E-state index contributed by atoms with van der Waals surface area (Å²) >= 11 is 10.8. The molecular formula is C22H12Br3N3. The smallest absolute Gasteiger partial charge is 0.162 e. The molecule has 3 aromatic carbocycles. The molecule has 0 spiro atoms. The summed E-state index contributed by atoms with van der Waals surface area (Å²) in [6.07, 6.45) is 0. The Morgan fingerprint density at radius 1 is 0.679 bits per heavy atom. The Labute approximate surface area is 186 Å². The van der Waals surface area contributed by atoms with Crippen molar-refractivity contribution in [3.63, 3.8) is 0 Å². The molecule has 6 heteroatoms. The van der Waals surface area contributed by atoms with Gasteiger partial charge in [0.05, 0.1) is 11.0 Å². The molecule has 28 heavy (non-hydrogen) atoms. The van der Waals surface area contributed by atoms with E-state index in [1.807, 2.05) is 12.1 Å². The van der Waals surface area contributed by atoms with E-state index in [2.05, 4.69) is 123 Å². The van der Waals surface area contributed by atoms with E-state index in [1.165, 1.54) is 5.39 Å². The minimum Gasteiger partial charge on any atom is -0.309 e. The maximum Gasteiger partial charge on any atom is 0.162 e. The van der Waals surface area contributed by atoms with Crippen molar-refractivity contribution in [1.82, 2.24) is 14.5 Å². The predicted octanol–water partition coefficient (Wildman–Crippen LogP) is 7.53.